The van der Waals surface area contributed by atoms with Gasteiger partial charge in [0.25, 0.3) is 0 Å². The number of carbonyl (C=O) groups excluding carboxylic acids is 1. The van der Waals surface area contributed by atoms with Gasteiger partial charge in [-0.3, -0.25) is 4.79 Å². The van der Waals surface area contributed by atoms with E-state index in [1.54, 1.807) is 4.90 Å². The molecule has 24 heavy (non-hydrogen) atoms. The summed E-state index contributed by atoms with van der Waals surface area (Å²) < 4.78 is 37.7. The molecule has 1 aliphatic rings. The standard InChI is InChI=1S/C16H16F3N3OS/c1-10-2-4-11(5-3-10)8-22-7-6-12(14(22)23)20-15-21-13(9-24-15)16(17,18)19/h2-5,9,12H,6-8H2,1H3,(H,20,21). The van der Waals surface area contributed by atoms with Gasteiger partial charge in [-0.1, -0.05) is 29.8 Å². The largest absolute Gasteiger partial charge is 0.434 e. The number of hydrogen-bond donors (Lipinski definition) is 1. The van der Waals surface area contributed by atoms with Gasteiger partial charge in [0.1, 0.15) is 6.04 Å². The Hall–Kier alpha value is -2.09. The molecule has 2 heterocycles. The minimum atomic E-state index is -4.46. The normalized spacial score (nSPS) is 18.2. The fourth-order valence-electron chi connectivity index (χ4n) is 2.56. The average Bonchev–Trinajstić information content (AvgIpc) is 3.11. The Morgan fingerprint density at radius 1 is 1.33 bits per heavy atom. The Balaban J connectivity index is 1.61. The summed E-state index contributed by atoms with van der Waals surface area (Å²) in [5.74, 6) is -0.112. The molecule has 0 aliphatic carbocycles. The molecule has 0 radical (unpaired) electrons. The number of likely N-dealkylation sites (tertiary alicyclic amines) is 1. The lowest BCUT2D eigenvalue weighted by Crippen LogP contribution is -2.33. The Morgan fingerprint density at radius 3 is 2.67 bits per heavy atom. The molecule has 1 N–H and O–H groups in total. The van der Waals surface area contributed by atoms with Gasteiger partial charge in [0.2, 0.25) is 5.91 Å². The summed E-state index contributed by atoms with van der Waals surface area (Å²) >= 11 is 0.859. The summed E-state index contributed by atoms with van der Waals surface area (Å²) in [5, 5.41) is 3.90. The van der Waals surface area contributed by atoms with Crippen molar-refractivity contribution in [3.05, 3.63) is 46.5 Å². The molecular weight excluding hydrogens is 339 g/mol. The predicted octanol–water partition coefficient (Wildman–Crippen LogP) is 3.68. The molecule has 0 saturated carbocycles. The van der Waals surface area contributed by atoms with Crippen LogP contribution in [0.15, 0.2) is 29.6 Å². The van der Waals surface area contributed by atoms with Crippen molar-refractivity contribution in [3.8, 4) is 0 Å². The number of aryl methyl sites for hydroxylation is 1. The molecule has 0 spiro atoms. The van der Waals surface area contributed by atoms with Gasteiger partial charge in [0, 0.05) is 18.5 Å². The summed E-state index contributed by atoms with van der Waals surface area (Å²) in [4.78, 5) is 17.6. The Labute approximate surface area is 141 Å². The van der Waals surface area contributed by atoms with E-state index < -0.39 is 17.9 Å². The third-order valence-corrected chi connectivity index (χ3v) is 4.66. The van der Waals surface area contributed by atoms with E-state index in [-0.39, 0.29) is 11.0 Å². The number of rotatable bonds is 4. The van der Waals surface area contributed by atoms with E-state index in [9.17, 15) is 18.0 Å². The third-order valence-electron chi connectivity index (χ3n) is 3.88. The maximum absolute atomic E-state index is 12.6. The highest BCUT2D eigenvalue weighted by molar-refractivity contribution is 7.13. The van der Waals surface area contributed by atoms with Crippen LogP contribution in [0.1, 0.15) is 23.2 Å². The number of alkyl halides is 3. The monoisotopic (exact) mass is 355 g/mol. The molecule has 8 heteroatoms. The van der Waals surface area contributed by atoms with E-state index in [0.717, 1.165) is 27.8 Å². The number of hydrogen-bond acceptors (Lipinski definition) is 4. The molecule has 1 saturated heterocycles. The zero-order valence-electron chi connectivity index (χ0n) is 12.9. The quantitative estimate of drug-likeness (QED) is 0.910. The van der Waals surface area contributed by atoms with Gasteiger partial charge in [0.05, 0.1) is 0 Å². The summed E-state index contributed by atoms with van der Waals surface area (Å²) in [7, 11) is 0. The van der Waals surface area contributed by atoms with Crippen LogP contribution in [0.3, 0.4) is 0 Å². The summed E-state index contributed by atoms with van der Waals surface area (Å²) in [5.41, 5.74) is 1.25. The molecule has 1 atom stereocenters. The number of benzene rings is 1. The maximum atomic E-state index is 12.6. The Kier molecular flexibility index (Phi) is 4.49. The number of nitrogens with one attached hydrogen (secondary N) is 1. The van der Waals surface area contributed by atoms with Gasteiger partial charge < -0.3 is 10.2 Å². The van der Waals surface area contributed by atoms with Crippen molar-refractivity contribution in [1.82, 2.24) is 9.88 Å². The molecule has 1 aliphatic heterocycles. The molecule has 1 fully saturated rings. The van der Waals surface area contributed by atoms with Gasteiger partial charge in [-0.2, -0.15) is 13.2 Å². The fourth-order valence-corrected chi connectivity index (χ4v) is 3.33. The number of halogens is 3. The highest BCUT2D eigenvalue weighted by Gasteiger charge is 2.35. The molecule has 1 unspecified atom stereocenters. The lowest BCUT2D eigenvalue weighted by Gasteiger charge is -2.17. The molecule has 0 bridgehead atoms. The first-order valence-electron chi connectivity index (χ1n) is 7.46. The van der Waals surface area contributed by atoms with Crippen LogP contribution in [0.2, 0.25) is 0 Å². The van der Waals surface area contributed by atoms with Crippen molar-refractivity contribution in [2.24, 2.45) is 0 Å². The van der Waals surface area contributed by atoms with Crippen LogP contribution in [0.4, 0.5) is 18.3 Å². The van der Waals surface area contributed by atoms with Crippen molar-refractivity contribution in [3.63, 3.8) is 0 Å². The number of amides is 1. The van der Waals surface area contributed by atoms with Crippen LogP contribution < -0.4 is 5.32 Å². The van der Waals surface area contributed by atoms with Crippen LogP contribution >= 0.6 is 11.3 Å². The van der Waals surface area contributed by atoms with Crippen LogP contribution in [0.25, 0.3) is 0 Å². The minimum Gasteiger partial charge on any atom is -0.350 e. The molecule has 1 aromatic carbocycles. The highest BCUT2D eigenvalue weighted by Crippen LogP contribution is 2.32. The minimum absolute atomic E-state index is 0.112. The van der Waals surface area contributed by atoms with E-state index in [2.05, 4.69) is 10.3 Å². The Morgan fingerprint density at radius 2 is 2.04 bits per heavy atom. The molecule has 1 aromatic heterocycles. The zero-order chi connectivity index (χ0) is 17.3. The molecule has 128 valence electrons. The average molecular weight is 355 g/mol. The number of carbonyl (C=O) groups is 1. The predicted molar refractivity (Wildman–Crippen MR) is 85.7 cm³/mol. The smallest absolute Gasteiger partial charge is 0.350 e. The third kappa shape index (κ3) is 3.69. The van der Waals surface area contributed by atoms with Gasteiger partial charge in [-0.15, -0.1) is 11.3 Å². The van der Waals surface area contributed by atoms with Crippen molar-refractivity contribution in [2.75, 3.05) is 11.9 Å². The Bertz CT molecular complexity index is 727. The zero-order valence-corrected chi connectivity index (χ0v) is 13.7. The second-order valence-corrected chi connectivity index (χ2v) is 6.62. The van der Waals surface area contributed by atoms with Crippen molar-refractivity contribution in [1.29, 1.82) is 0 Å². The summed E-state index contributed by atoms with van der Waals surface area (Å²) in [6.45, 7) is 3.07. The van der Waals surface area contributed by atoms with Crippen LogP contribution in [0, 0.1) is 6.92 Å². The van der Waals surface area contributed by atoms with Gasteiger partial charge in [-0.05, 0) is 18.9 Å². The molecule has 2 aromatic rings. The van der Waals surface area contributed by atoms with Gasteiger partial charge in [-0.25, -0.2) is 4.98 Å². The van der Waals surface area contributed by atoms with Crippen LogP contribution in [-0.2, 0) is 17.5 Å². The second kappa shape index (κ2) is 6.43. The number of thiazole rings is 1. The van der Waals surface area contributed by atoms with Crippen molar-refractivity contribution in [2.45, 2.75) is 32.1 Å². The topological polar surface area (TPSA) is 45.2 Å². The molecule has 4 nitrogen and oxygen atoms in total. The number of anilines is 1. The number of aromatic nitrogens is 1. The molecular formula is C16H16F3N3OS. The number of nitrogens with zero attached hydrogens (tertiary/aromatic N) is 2. The van der Waals surface area contributed by atoms with Crippen molar-refractivity contribution < 1.29 is 18.0 Å². The first-order valence-corrected chi connectivity index (χ1v) is 8.34. The highest BCUT2D eigenvalue weighted by atomic mass is 32.1. The first kappa shape index (κ1) is 16.8. The molecule has 3 rings (SSSR count). The lowest BCUT2D eigenvalue weighted by atomic mass is 10.1. The summed E-state index contributed by atoms with van der Waals surface area (Å²) in [6.07, 6.45) is -3.92. The van der Waals surface area contributed by atoms with Gasteiger partial charge in [0.15, 0.2) is 10.8 Å². The van der Waals surface area contributed by atoms with E-state index in [4.69, 9.17) is 0 Å². The van der Waals surface area contributed by atoms with E-state index in [1.807, 2.05) is 31.2 Å². The SMILES string of the molecule is Cc1ccc(CN2CCC(Nc3nc(C(F)(F)F)cs3)C2=O)cc1. The fraction of sp³-hybridized carbons (Fsp3) is 0.375. The van der Waals surface area contributed by atoms with E-state index in [1.165, 1.54) is 0 Å². The maximum Gasteiger partial charge on any atom is 0.434 e. The van der Waals surface area contributed by atoms with Crippen molar-refractivity contribution >= 4 is 22.4 Å². The second-order valence-electron chi connectivity index (χ2n) is 5.77. The summed E-state index contributed by atoms with van der Waals surface area (Å²) in [6, 6.07) is 7.39. The van der Waals surface area contributed by atoms with E-state index in [0.29, 0.717) is 19.5 Å². The van der Waals surface area contributed by atoms with Crippen LogP contribution in [0.5, 0.6) is 0 Å². The van der Waals surface area contributed by atoms with E-state index >= 15 is 0 Å². The lowest BCUT2D eigenvalue weighted by molar-refractivity contribution is -0.140. The first-order chi connectivity index (χ1) is 11.3. The van der Waals surface area contributed by atoms with Gasteiger partial charge >= 0.3 is 6.18 Å². The molecule has 1 amide bonds. The van der Waals surface area contributed by atoms with Crippen LogP contribution in [-0.4, -0.2) is 28.4 Å².